The number of carbonyl (C=O) groups is 1. The maximum atomic E-state index is 12.8. The highest BCUT2D eigenvalue weighted by Gasteiger charge is 2.33. The Morgan fingerprint density at radius 2 is 2.07 bits per heavy atom. The zero-order valence-corrected chi connectivity index (χ0v) is 16.8. The standard InChI is InChI=1S/C18H18F3N5O3S/c1-29-15-9-13-11(10-26(25-13)6-7-30(2,22)28)8-14(15)24-17(27)12-4-3-5-16(23-12)18(19,20)21/h3-5,8-10,22H,6-7H2,1-2H3,(H,24,27). The maximum absolute atomic E-state index is 12.8. The molecule has 1 atom stereocenters. The van der Waals surface area contributed by atoms with E-state index in [0.29, 0.717) is 10.9 Å². The minimum Gasteiger partial charge on any atom is -0.494 e. The summed E-state index contributed by atoms with van der Waals surface area (Å²) < 4.78 is 64.3. The summed E-state index contributed by atoms with van der Waals surface area (Å²) in [7, 11) is -1.29. The van der Waals surface area contributed by atoms with Crippen LogP contribution in [0.4, 0.5) is 18.9 Å². The molecule has 0 aliphatic heterocycles. The van der Waals surface area contributed by atoms with Crippen LogP contribution in [0.5, 0.6) is 5.75 Å². The summed E-state index contributed by atoms with van der Waals surface area (Å²) in [6.07, 6.45) is -1.67. The third kappa shape index (κ3) is 5.06. The van der Waals surface area contributed by atoms with E-state index in [-0.39, 0.29) is 23.7 Å². The van der Waals surface area contributed by atoms with E-state index in [1.54, 1.807) is 18.3 Å². The van der Waals surface area contributed by atoms with E-state index in [2.05, 4.69) is 15.4 Å². The van der Waals surface area contributed by atoms with Gasteiger partial charge in [-0.05, 0) is 18.2 Å². The molecule has 0 aliphatic carbocycles. The molecular formula is C18H18F3N5O3S. The summed E-state index contributed by atoms with van der Waals surface area (Å²) in [5.41, 5.74) is -0.792. The highest BCUT2D eigenvalue weighted by Crippen LogP contribution is 2.31. The van der Waals surface area contributed by atoms with Gasteiger partial charge in [0.25, 0.3) is 5.91 Å². The Morgan fingerprint density at radius 3 is 2.70 bits per heavy atom. The van der Waals surface area contributed by atoms with Crippen LogP contribution in [0.25, 0.3) is 10.9 Å². The molecule has 0 aliphatic rings. The lowest BCUT2D eigenvalue weighted by atomic mass is 10.2. The number of benzene rings is 1. The van der Waals surface area contributed by atoms with Crippen LogP contribution in [-0.4, -0.2) is 44.0 Å². The molecule has 8 nitrogen and oxygen atoms in total. The minimum absolute atomic E-state index is 0.128. The second-order valence-corrected chi connectivity index (χ2v) is 8.99. The molecule has 0 saturated carbocycles. The highest BCUT2D eigenvalue weighted by molar-refractivity contribution is 7.91. The second-order valence-electron chi connectivity index (χ2n) is 6.57. The molecule has 0 fully saturated rings. The Bertz CT molecular complexity index is 1210. The number of ether oxygens (including phenoxy) is 1. The van der Waals surface area contributed by atoms with Gasteiger partial charge in [0.1, 0.15) is 17.1 Å². The Morgan fingerprint density at radius 1 is 1.33 bits per heavy atom. The van der Waals surface area contributed by atoms with Crippen molar-refractivity contribution in [1.82, 2.24) is 14.8 Å². The average molecular weight is 441 g/mol. The number of carbonyl (C=O) groups excluding carboxylic acids is 1. The number of anilines is 1. The van der Waals surface area contributed by atoms with Crippen LogP contribution in [-0.2, 0) is 22.5 Å². The Kier molecular flexibility index (Phi) is 5.70. The predicted molar refractivity (Wildman–Crippen MR) is 105 cm³/mol. The number of halogens is 3. The van der Waals surface area contributed by atoms with Gasteiger partial charge in [0, 0.05) is 33.6 Å². The molecule has 30 heavy (non-hydrogen) atoms. The number of methoxy groups -OCH3 is 1. The maximum Gasteiger partial charge on any atom is 0.433 e. The lowest BCUT2D eigenvalue weighted by molar-refractivity contribution is -0.141. The predicted octanol–water partition coefficient (Wildman–Crippen LogP) is 3.39. The molecule has 1 unspecified atom stereocenters. The van der Waals surface area contributed by atoms with E-state index in [1.807, 2.05) is 0 Å². The summed E-state index contributed by atoms with van der Waals surface area (Å²) in [6.45, 7) is 0.270. The number of rotatable bonds is 6. The van der Waals surface area contributed by atoms with Crippen LogP contribution >= 0.6 is 0 Å². The fraction of sp³-hybridized carbons (Fsp3) is 0.278. The van der Waals surface area contributed by atoms with Gasteiger partial charge in [-0.25, -0.2) is 4.98 Å². The zero-order valence-electron chi connectivity index (χ0n) is 16.0. The number of hydrogen-bond acceptors (Lipinski definition) is 6. The number of amides is 1. The van der Waals surface area contributed by atoms with E-state index in [0.717, 1.165) is 12.1 Å². The molecule has 12 heteroatoms. The van der Waals surface area contributed by atoms with Crippen molar-refractivity contribution >= 4 is 32.2 Å². The van der Waals surface area contributed by atoms with Crippen LogP contribution < -0.4 is 10.1 Å². The van der Waals surface area contributed by atoms with Crippen LogP contribution in [0.2, 0.25) is 0 Å². The van der Waals surface area contributed by atoms with Gasteiger partial charge in [-0.15, -0.1) is 0 Å². The number of nitrogens with zero attached hydrogens (tertiary/aromatic N) is 3. The Labute approximate surface area is 170 Å². The summed E-state index contributed by atoms with van der Waals surface area (Å²) in [6, 6.07) is 6.19. The molecule has 0 saturated heterocycles. The Hall–Kier alpha value is -3.15. The van der Waals surface area contributed by atoms with Crippen molar-refractivity contribution in [2.45, 2.75) is 12.7 Å². The zero-order chi connectivity index (χ0) is 22.1. The van der Waals surface area contributed by atoms with E-state index in [4.69, 9.17) is 9.52 Å². The van der Waals surface area contributed by atoms with Gasteiger partial charge in [-0.2, -0.15) is 18.3 Å². The number of alkyl halides is 3. The van der Waals surface area contributed by atoms with Gasteiger partial charge in [0.2, 0.25) is 0 Å². The topological polar surface area (TPSA) is 110 Å². The van der Waals surface area contributed by atoms with E-state index in [1.165, 1.54) is 24.1 Å². The molecule has 160 valence electrons. The lowest BCUT2D eigenvalue weighted by Crippen LogP contribution is -2.17. The van der Waals surface area contributed by atoms with Crippen LogP contribution in [0, 0.1) is 4.78 Å². The molecule has 3 rings (SSSR count). The number of aryl methyl sites for hydroxylation is 1. The SMILES string of the molecule is COc1cc2nn(CCS(C)(=N)=O)cc2cc1NC(=O)c1cccc(C(F)(F)F)n1. The average Bonchev–Trinajstić information content (AvgIpc) is 3.06. The van der Waals surface area contributed by atoms with Gasteiger partial charge >= 0.3 is 6.18 Å². The lowest BCUT2D eigenvalue weighted by Gasteiger charge is -2.11. The van der Waals surface area contributed by atoms with E-state index < -0.39 is 33.2 Å². The quantitative estimate of drug-likeness (QED) is 0.609. The molecule has 0 spiro atoms. The van der Waals surface area contributed by atoms with Crippen molar-refractivity contribution in [3.05, 3.63) is 47.9 Å². The number of nitrogens with one attached hydrogen (secondary N) is 2. The van der Waals surface area contributed by atoms with Crippen LogP contribution in [0.3, 0.4) is 0 Å². The number of pyridine rings is 1. The third-order valence-electron chi connectivity index (χ3n) is 4.10. The van der Waals surface area contributed by atoms with Crippen molar-refractivity contribution in [1.29, 1.82) is 4.78 Å². The molecule has 1 aromatic carbocycles. The minimum atomic E-state index is -4.66. The smallest absolute Gasteiger partial charge is 0.433 e. The van der Waals surface area contributed by atoms with Crippen molar-refractivity contribution in [2.75, 3.05) is 24.4 Å². The largest absolute Gasteiger partial charge is 0.494 e. The fourth-order valence-electron chi connectivity index (χ4n) is 2.66. The van der Waals surface area contributed by atoms with E-state index in [9.17, 15) is 22.2 Å². The van der Waals surface area contributed by atoms with Crippen LogP contribution in [0.1, 0.15) is 16.2 Å². The summed E-state index contributed by atoms with van der Waals surface area (Å²) in [5, 5.41) is 7.45. The van der Waals surface area contributed by atoms with Gasteiger partial charge < -0.3 is 10.1 Å². The molecule has 1 amide bonds. The first-order chi connectivity index (χ1) is 14.0. The van der Waals surface area contributed by atoms with Gasteiger partial charge in [0.05, 0.1) is 30.6 Å². The first kappa shape index (κ1) is 21.6. The van der Waals surface area contributed by atoms with Crippen molar-refractivity contribution in [3.63, 3.8) is 0 Å². The summed E-state index contributed by atoms with van der Waals surface area (Å²) >= 11 is 0. The molecule has 0 radical (unpaired) electrons. The monoisotopic (exact) mass is 441 g/mol. The first-order valence-corrected chi connectivity index (χ1v) is 10.7. The Balaban J connectivity index is 1.89. The van der Waals surface area contributed by atoms with Crippen molar-refractivity contribution in [3.8, 4) is 5.75 Å². The van der Waals surface area contributed by atoms with Gasteiger partial charge in [0.15, 0.2) is 0 Å². The summed E-state index contributed by atoms with van der Waals surface area (Å²) in [4.78, 5) is 15.8. The molecule has 2 N–H and O–H groups in total. The third-order valence-corrected chi connectivity index (χ3v) is 5.06. The molecule has 3 aromatic rings. The molecule has 0 bridgehead atoms. The number of aromatic nitrogens is 3. The summed E-state index contributed by atoms with van der Waals surface area (Å²) in [5.74, 6) is -0.443. The van der Waals surface area contributed by atoms with Gasteiger partial charge in [-0.3, -0.25) is 18.5 Å². The number of fused-ring (bicyclic) bond motifs is 1. The molecule has 2 heterocycles. The van der Waals surface area contributed by atoms with E-state index >= 15 is 0 Å². The number of hydrogen-bond donors (Lipinski definition) is 2. The normalized spacial score (nSPS) is 13.8. The van der Waals surface area contributed by atoms with Crippen molar-refractivity contribution in [2.24, 2.45) is 0 Å². The second kappa shape index (κ2) is 7.94. The van der Waals surface area contributed by atoms with Crippen molar-refractivity contribution < 1.29 is 26.9 Å². The first-order valence-electron chi connectivity index (χ1n) is 8.58. The molecular weight excluding hydrogens is 423 g/mol. The molecule has 2 aromatic heterocycles. The fourth-order valence-corrected chi connectivity index (χ4v) is 3.19. The highest BCUT2D eigenvalue weighted by atomic mass is 32.2. The van der Waals surface area contributed by atoms with Crippen LogP contribution in [0.15, 0.2) is 36.5 Å². The van der Waals surface area contributed by atoms with Gasteiger partial charge in [-0.1, -0.05) is 6.07 Å².